The Morgan fingerprint density at radius 1 is 1.26 bits per heavy atom. The molecule has 0 aliphatic rings. The van der Waals surface area contributed by atoms with E-state index in [2.05, 4.69) is 26.1 Å². The third kappa shape index (κ3) is 6.93. The molecule has 1 aromatic carbocycles. The molecule has 0 aliphatic carbocycles. The van der Waals surface area contributed by atoms with Crippen molar-refractivity contribution >= 4 is 27.7 Å². The normalized spacial score (nSPS) is 13.8. The van der Waals surface area contributed by atoms with E-state index < -0.39 is 16.1 Å². The van der Waals surface area contributed by atoms with Crippen molar-refractivity contribution < 1.29 is 13.2 Å². The Kier molecular flexibility index (Phi) is 7.10. The largest absolute Gasteiger partial charge is 0.354 e. The number of nitrogens with zero attached hydrogens (tertiary/aromatic N) is 1. The molecule has 0 unspecified atom stereocenters. The second kappa shape index (κ2) is 8.17. The standard InChI is InChI=1S/C16H26N2O3S2/c1-16(2,3)22-12-11-17-15(19)14(18(4)23(5,20)21)13-9-7-6-8-10-13/h6-10,14H,11-12H2,1-5H3,(H,17,19)/t14-/m0/s1. The van der Waals surface area contributed by atoms with Gasteiger partial charge in [0.05, 0.1) is 6.26 Å². The molecule has 0 fully saturated rings. The number of nitrogens with one attached hydrogen (secondary N) is 1. The Labute approximate surface area is 143 Å². The molecule has 0 heterocycles. The van der Waals surface area contributed by atoms with Crippen LogP contribution in [-0.4, -0.2) is 49.0 Å². The average Bonchev–Trinajstić information content (AvgIpc) is 2.43. The van der Waals surface area contributed by atoms with Gasteiger partial charge in [-0.15, -0.1) is 0 Å². The minimum absolute atomic E-state index is 0.132. The Balaban J connectivity index is 2.83. The lowest BCUT2D eigenvalue weighted by Gasteiger charge is -2.26. The van der Waals surface area contributed by atoms with Gasteiger partial charge in [0.1, 0.15) is 6.04 Å². The number of benzene rings is 1. The lowest BCUT2D eigenvalue weighted by atomic mass is 10.1. The van der Waals surface area contributed by atoms with E-state index in [-0.39, 0.29) is 10.7 Å². The molecule has 7 heteroatoms. The van der Waals surface area contributed by atoms with Crippen LogP contribution in [0.4, 0.5) is 0 Å². The first kappa shape index (κ1) is 20.0. The van der Waals surface area contributed by atoms with Gasteiger partial charge >= 0.3 is 0 Å². The van der Waals surface area contributed by atoms with E-state index in [1.165, 1.54) is 7.05 Å². The molecule has 0 aromatic heterocycles. The SMILES string of the molecule is CN([C@H](C(=O)NCCSC(C)(C)C)c1ccccc1)S(C)(=O)=O. The highest BCUT2D eigenvalue weighted by atomic mass is 32.2. The molecule has 5 nitrogen and oxygen atoms in total. The van der Waals surface area contributed by atoms with Crippen molar-refractivity contribution in [3.8, 4) is 0 Å². The molecular formula is C16H26N2O3S2. The van der Waals surface area contributed by atoms with Crippen LogP contribution in [0.3, 0.4) is 0 Å². The van der Waals surface area contributed by atoms with Crippen molar-refractivity contribution in [1.29, 1.82) is 0 Å². The molecule has 1 N–H and O–H groups in total. The van der Waals surface area contributed by atoms with E-state index in [1.54, 1.807) is 36.0 Å². The summed E-state index contributed by atoms with van der Waals surface area (Å²) < 4.78 is 24.9. The Bertz CT molecular complexity index is 610. The summed E-state index contributed by atoms with van der Waals surface area (Å²) in [4.78, 5) is 12.5. The number of likely N-dealkylation sites (N-methyl/N-ethyl adjacent to an activating group) is 1. The fraction of sp³-hybridized carbons (Fsp3) is 0.562. The topological polar surface area (TPSA) is 66.5 Å². The predicted molar refractivity (Wildman–Crippen MR) is 97.0 cm³/mol. The van der Waals surface area contributed by atoms with Gasteiger partial charge in [-0.25, -0.2) is 8.42 Å². The van der Waals surface area contributed by atoms with Crippen molar-refractivity contribution in [3.63, 3.8) is 0 Å². The summed E-state index contributed by atoms with van der Waals surface area (Å²) >= 11 is 1.75. The number of thioether (sulfide) groups is 1. The zero-order chi connectivity index (χ0) is 17.7. The van der Waals surface area contributed by atoms with E-state index in [1.807, 2.05) is 6.07 Å². The number of hydrogen-bond acceptors (Lipinski definition) is 4. The summed E-state index contributed by atoms with van der Waals surface area (Å²) in [7, 11) is -2.05. The molecule has 1 amide bonds. The van der Waals surface area contributed by atoms with E-state index in [0.717, 1.165) is 16.3 Å². The monoisotopic (exact) mass is 358 g/mol. The molecule has 0 radical (unpaired) electrons. The highest BCUT2D eigenvalue weighted by Gasteiger charge is 2.30. The molecule has 0 bridgehead atoms. The number of rotatable bonds is 7. The maximum absolute atomic E-state index is 12.5. The van der Waals surface area contributed by atoms with Crippen molar-refractivity contribution in [3.05, 3.63) is 35.9 Å². The molecule has 23 heavy (non-hydrogen) atoms. The fourth-order valence-electron chi connectivity index (χ4n) is 1.98. The number of hydrogen-bond donors (Lipinski definition) is 1. The van der Waals surface area contributed by atoms with Crippen LogP contribution in [0, 0.1) is 0 Å². The molecule has 0 saturated heterocycles. The van der Waals surface area contributed by atoms with Crippen LogP contribution in [0.15, 0.2) is 30.3 Å². The molecular weight excluding hydrogens is 332 g/mol. The lowest BCUT2D eigenvalue weighted by molar-refractivity contribution is -0.124. The summed E-state index contributed by atoms with van der Waals surface area (Å²) in [5.74, 6) is 0.470. The fourth-order valence-corrected chi connectivity index (χ4v) is 3.40. The van der Waals surface area contributed by atoms with Gasteiger partial charge in [0.2, 0.25) is 15.9 Å². The molecule has 1 atom stereocenters. The number of amides is 1. The summed E-state index contributed by atoms with van der Waals surface area (Å²) in [6.45, 7) is 6.85. The van der Waals surface area contributed by atoms with Crippen LogP contribution in [0.5, 0.6) is 0 Å². The van der Waals surface area contributed by atoms with Crippen LogP contribution in [0.1, 0.15) is 32.4 Å². The first-order valence-corrected chi connectivity index (χ1v) is 10.3. The second-order valence-electron chi connectivity index (χ2n) is 6.34. The smallest absolute Gasteiger partial charge is 0.243 e. The quantitative estimate of drug-likeness (QED) is 0.759. The van der Waals surface area contributed by atoms with Crippen molar-refractivity contribution in [1.82, 2.24) is 9.62 Å². The van der Waals surface area contributed by atoms with Crippen LogP contribution in [-0.2, 0) is 14.8 Å². The zero-order valence-corrected chi connectivity index (χ0v) is 16.0. The molecule has 1 aromatic rings. The number of carbonyl (C=O) groups is 1. The van der Waals surface area contributed by atoms with Gasteiger partial charge in [-0.3, -0.25) is 4.79 Å². The van der Waals surface area contributed by atoms with Gasteiger partial charge in [-0.2, -0.15) is 16.1 Å². The van der Waals surface area contributed by atoms with Crippen molar-refractivity contribution in [2.75, 3.05) is 25.6 Å². The predicted octanol–water partition coefficient (Wildman–Crippen LogP) is 2.27. The van der Waals surface area contributed by atoms with Gasteiger partial charge < -0.3 is 5.32 Å². The van der Waals surface area contributed by atoms with Crippen LogP contribution >= 0.6 is 11.8 Å². The highest BCUT2D eigenvalue weighted by Crippen LogP contribution is 2.23. The molecule has 0 spiro atoms. The van der Waals surface area contributed by atoms with E-state index in [9.17, 15) is 13.2 Å². The van der Waals surface area contributed by atoms with E-state index in [0.29, 0.717) is 12.1 Å². The van der Waals surface area contributed by atoms with Crippen molar-refractivity contribution in [2.24, 2.45) is 0 Å². The van der Waals surface area contributed by atoms with E-state index >= 15 is 0 Å². The second-order valence-corrected chi connectivity index (χ2v) is 10.3. The summed E-state index contributed by atoms with van der Waals surface area (Å²) in [5, 5.41) is 2.84. The average molecular weight is 359 g/mol. The van der Waals surface area contributed by atoms with Gasteiger partial charge in [0.15, 0.2) is 0 Å². The summed E-state index contributed by atoms with van der Waals surface area (Å²) in [6, 6.07) is 8.08. The third-order valence-electron chi connectivity index (χ3n) is 3.19. The van der Waals surface area contributed by atoms with Gasteiger partial charge in [0.25, 0.3) is 0 Å². The van der Waals surface area contributed by atoms with Gasteiger partial charge in [-0.1, -0.05) is 51.1 Å². The summed E-state index contributed by atoms with van der Waals surface area (Å²) in [6.07, 6.45) is 1.10. The van der Waals surface area contributed by atoms with Gasteiger partial charge in [0, 0.05) is 24.1 Å². The molecule has 0 aliphatic heterocycles. The summed E-state index contributed by atoms with van der Waals surface area (Å²) in [5.41, 5.74) is 0.654. The Hall–Kier alpha value is -1.05. The highest BCUT2D eigenvalue weighted by molar-refractivity contribution is 8.00. The number of carbonyl (C=O) groups excluding carboxylic acids is 1. The van der Waals surface area contributed by atoms with Gasteiger partial charge in [-0.05, 0) is 5.56 Å². The first-order chi connectivity index (χ1) is 10.5. The first-order valence-electron chi connectivity index (χ1n) is 7.42. The van der Waals surface area contributed by atoms with E-state index in [4.69, 9.17) is 0 Å². The minimum atomic E-state index is -3.48. The molecule has 130 valence electrons. The Morgan fingerprint density at radius 3 is 2.30 bits per heavy atom. The Morgan fingerprint density at radius 2 is 1.83 bits per heavy atom. The van der Waals surface area contributed by atoms with Crippen molar-refractivity contribution in [2.45, 2.75) is 31.6 Å². The third-order valence-corrected chi connectivity index (χ3v) is 5.72. The van der Waals surface area contributed by atoms with Crippen LogP contribution in [0.2, 0.25) is 0 Å². The van der Waals surface area contributed by atoms with Crippen LogP contribution in [0.25, 0.3) is 0 Å². The van der Waals surface area contributed by atoms with Crippen LogP contribution < -0.4 is 5.32 Å². The molecule has 0 saturated carbocycles. The maximum Gasteiger partial charge on any atom is 0.243 e. The maximum atomic E-state index is 12.5. The number of sulfonamides is 1. The lowest BCUT2D eigenvalue weighted by Crippen LogP contribution is -2.42. The zero-order valence-electron chi connectivity index (χ0n) is 14.4. The minimum Gasteiger partial charge on any atom is -0.354 e. The molecule has 1 rings (SSSR count).